The Kier molecular flexibility index (Phi) is 17.0. The van der Waals surface area contributed by atoms with E-state index in [-0.39, 0.29) is 0 Å². The predicted molar refractivity (Wildman–Crippen MR) is 202 cm³/mol. The van der Waals surface area contributed by atoms with Gasteiger partial charge in [-0.05, 0) is 94.6 Å². The Bertz CT molecular complexity index is 1510. The number of carbonyl (C=O) groups excluding carboxylic acids is 2. The number of anilines is 3. The summed E-state index contributed by atoms with van der Waals surface area (Å²) in [7, 11) is 0. The zero-order valence-corrected chi connectivity index (χ0v) is 32.2. The van der Waals surface area contributed by atoms with E-state index in [9.17, 15) is 9.59 Å². The van der Waals surface area contributed by atoms with Crippen LogP contribution in [0.15, 0.2) is 55.0 Å². The first-order chi connectivity index (χ1) is 24.2. The number of nitrogen functional groups attached to an aromatic ring is 1. The molecule has 2 aliphatic heterocycles. The second kappa shape index (κ2) is 20.8. The lowest BCUT2D eigenvalue weighted by Gasteiger charge is -2.26. The van der Waals surface area contributed by atoms with Gasteiger partial charge in [0.25, 0.3) is 0 Å². The van der Waals surface area contributed by atoms with Crippen molar-refractivity contribution in [3.63, 3.8) is 0 Å². The van der Waals surface area contributed by atoms with Gasteiger partial charge in [-0.15, -0.1) is 0 Å². The first-order valence-corrected chi connectivity index (χ1v) is 18.1. The topological polar surface area (TPSA) is 166 Å². The number of halogens is 1. The Morgan fingerprint density at radius 3 is 1.51 bits per heavy atom. The number of alkyl halides is 1. The highest BCUT2D eigenvalue weighted by molar-refractivity contribution is 9.08. The van der Waals surface area contributed by atoms with Gasteiger partial charge in [0.05, 0.1) is 26.4 Å². The van der Waals surface area contributed by atoms with E-state index in [0.29, 0.717) is 17.5 Å². The summed E-state index contributed by atoms with van der Waals surface area (Å²) in [5, 5.41) is 5.96. The van der Waals surface area contributed by atoms with Gasteiger partial charge >= 0.3 is 12.2 Å². The molecule has 5 heterocycles. The summed E-state index contributed by atoms with van der Waals surface area (Å²) in [6, 6.07) is 11.4. The minimum Gasteiger partial charge on any atom is -0.444 e. The van der Waals surface area contributed by atoms with Gasteiger partial charge in [0.15, 0.2) is 0 Å². The fourth-order valence-electron chi connectivity index (χ4n) is 4.71. The number of ether oxygens (including phenoxy) is 4. The third-order valence-corrected chi connectivity index (χ3v) is 7.57. The molecule has 51 heavy (non-hydrogen) atoms. The maximum Gasteiger partial charge on any atom is 0.413 e. The molecule has 280 valence electrons. The Hall–Kier alpha value is -3.89. The summed E-state index contributed by atoms with van der Waals surface area (Å²) in [5.41, 5.74) is 7.96. The van der Waals surface area contributed by atoms with Crippen molar-refractivity contribution in [1.29, 1.82) is 0 Å². The summed E-state index contributed by atoms with van der Waals surface area (Å²) in [6.07, 6.45) is 4.11. The number of hydrogen-bond acceptors (Lipinski definition) is 12. The normalized spacial score (nSPS) is 15.3. The van der Waals surface area contributed by atoms with Crippen molar-refractivity contribution in [2.75, 3.05) is 69.0 Å². The fourth-order valence-corrected chi connectivity index (χ4v) is 5.06. The number of nitrogens with two attached hydrogens (primary N) is 1. The lowest BCUT2D eigenvalue weighted by Crippen LogP contribution is -2.35. The van der Waals surface area contributed by atoms with Gasteiger partial charge in [-0.25, -0.2) is 24.5 Å². The molecule has 14 nitrogen and oxygen atoms in total. The Morgan fingerprint density at radius 2 is 1.10 bits per heavy atom. The first kappa shape index (κ1) is 41.5. The minimum atomic E-state index is -0.518. The summed E-state index contributed by atoms with van der Waals surface area (Å²) in [6.45, 7) is 19.8. The standard InChI is InChI=1S/C15H23N3O3.C11H15BrN2O2.C10H15N3O/c1-15(2,3)21-14(19)17-13-10-12(4-5-16-13)11-18-6-8-20-9-7-18;1-11(2,3)16-10(15)14-9-6-8(7-12)4-5-13-9;11-10-7-9(1-2-12-10)8-13-3-5-14-6-4-13/h4-5,10H,6-9,11H2,1-3H3,(H,16,17,19);4-6H,7H2,1-3H3,(H,13,14,15);1-2,7H,3-6,8H2,(H2,11,12). The number of amides is 2. The van der Waals surface area contributed by atoms with Crippen LogP contribution in [0.2, 0.25) is 0 Å². The maximum atomic E-state index is 11.7. The molecular formula is C36H53BrN8O6. The average molecular weight is 774 g/mol. The van der Waals surface area contributed by atoms with E-state index in [1.807, 2.05) is 71.9 Å². The monoisotopic (exact) mass is 772 g/mol. The van der Waals surface area contributed by atoms with Crippen molar-refractivity contribution in [3.05, 3.63) is 71.7 Å². The van der Waals surface area contributed by atoms with Crippen LogP contribution in [0.4, 0.5) is 27.0 Å². The summed E-state index contributed by atoms with van der Waals surface area (Å²) >= 11 is 3.33. The highest BCUT2D eigenvalue weighted by Gasteiger charge is 2.18. The quantitative estimate of drug-likeness (QED) is 0.237. The van der Waals surface area contributed by atoms with Crippen LogP contribution in [-0.2, 0) is 37.4 Å². The zero-order valence-electron chi connectivity index (χ0n) is 30.6. The Labute approximate surface area is 309 Å². The van der Waals surface area contributed by atoms with Crippen LogP contribution in [0.25, 0.3) is 0 Å². The van der Waals surface area contributed by atoms with Gasteiger partial charge in [0.2, 0.25) is 0 Å². The molecule has 0 aromatic carbocycles. The second-order valence-electron chi connectivity index (χ2n) is 13.9. The van der Waals surface area contributed by atoms with Crippen LogP contribution in [0.3, 0.4) is 0 Å². The number of morpholine rings is 2. The molecule has 2 amide bonds. The van der Waals surface area contributed by atoms with Gasteiger partial charge in [0.1, 0.15) is 28.7 Å². The lowest BCUT2D eigenvalue weighted by atomic mass is 10.2. The predicted octanol–water partition coefficient (Wildman–Crippen LogP) is 6.08. The van der Waals surface area contributed by atoms with E-state index in [4.69, 9.17) is 24.7 Å². The Balaban J connectivity index is 0.000000211. The van der Waals surface area contributed by atoms with Gasteiger partial charge in [-0.3, -0.25) is 20.4 Å². The second-order valence-corrected chi connectivity index (χ2v) is 14.4. The molecule has 2 saturated heterocycles. The van der Waals surface area contributed by atoms with Gasteiger partial charge in [-0.2, -0.15) is 0 Å². The molecule has 3 aromatic rings. The van der Waals surface area contributed by atoms with Crippen LogP contribution in [0, 0.1) is 0 Å². The molecule has 0 atom stereocenters. The van der Waals surface area contributed by atoms with Crippen LogP contribution >= 0.6 is 15.9 Å². The van der Waals surface area contributed by atoms with Crippen LogP contribution < -0.4 is 16.4 Å². The number of aromatic nitrogens is 3. The molecule has 0 unspecified atom stereocenters. The largest absolute Gasteiger partial charge is 0.444 e. The molecule has 0 radical (unpaired) electrons. The number of rotatable bonds is 7. The van der Waals surface area contributed by atoms with Crippen LogP contribution in [0.5, 0.6) is 0 Å². The maximum absolute atomic E-state index is 11.7. The van der Waals surface area contributed by atoms with Crippen LogP contribution in [0.1, 0.15) is 58.2 Å². The van der Waals surface area contributed by atoms with Crippen molar-refractivity contribution < 1.29 is 28.5 Å². The summed E-state index contributed by atoms with van der Waals surface area (Å²) in [5.74, 6) is 1.59. The molecule has 5 rings (SSSR count). The molecule has 3 aromatic heterocycles. The number of pyridine rings is 3. The van der Waals surface area contributed by atoms with E-state index in [1.54, 1.807) is 24.7 Å². The van der Waals surface area contributed by atoms with Crippen molar-refractivity contribution in [2.45, 2.75) is 71.2 Å². The minimum absolute atomic E-state index is 0.487. The molecule has 0 aliphatic carbocycles. The SMILES string of the molecule is CC(C)(C)OC(=O)Nc1cc(CBr)ccn1.CC(C)(C)OC(=O)Nc1cc(CN2CCOCC2)ccn1.Nc1cc(CN2CCOCC2)ccn1. The molecule has 2 fully saturated rings. The first-order valence-electron chi connectivity index (χ1n) is 16.9. The van der Waals surface area contributed by atoms with Crippen molar-refractivity contribution in [3.8, 4) is 0 Å². The Morgan fingerprint density at radius 1 is 0.706 bits per heavy atom. The average Bonchev–Trinajstić information content (AvgIpc) is 3.05. The molecule has 0 saturated carbocycles. The third kappa shape index (κ3) is 18.3. The zero-order chi connectivity index (χ0) is 37.3. The molecule has 4 N–H and O–H groups in total. The molecule has 0 bridgehead atoms. The molecular weight excluding hydrogens is 720 g/mol. The van der Waals surface area contributed by atoms with Crippen molar-refractivity contribution >= 4 is 45.6 Å². The summed E-state index contributed by atoms with van der Waals surface area (Å²) in [4.78, 5) is 40.0. The summed E-state index contributed by atoms with van der Waals surface area (Å²) < 4.78 is 20.9. The lowest BCUT2D eigenvalue weighted by molar-refractivity contribution is 0.0341. The van der Waals surface area contributed by atoms with E-state index < -0.39 is 23.4 Å². The van der Waals surface area contributed by atoms with E-state index in [1.165, 1.54) is 5.56 Å². The van der Waals surface area contributed by atoms with Crippen molar-refractivity contribution in [1.82, 2.24) is 24.8 Å². The number of hydrogen-bond donors (Lipinski definition) is 3. The highest BCUT2D eigenvalue weighted by Crippen LogP contribution is 2.15. The highest BCUT2D eigenvalue weighted by atomic mass is 79.9. The number of nitrogens with zero attached hydrogens (tertiary/aromatic N) is 5. The van der Waals surface area contributed by atoms with Gasteiger partial charge in [-0.1, -0.05) is 15.9 Å². The number of carbonyl (C=O) groups is 2. The number of nitrogens with one attached hydrogen (secondary N) is 2. The van der Waals surface area contributed by atoms with Crippen LogP contribution in [-0.4, -0.2) is 101 Å². The van der Waals surface area contributed by atoms with Crippen molar-refractivity contribution in [2.24, 2.45) is 0 Å². The molecule has 15 heteroatoms. The smallest absolute Gasteiger partial charge is 0.413 e. The van der Waals surface area contributed by atoms with E-state index >= 15 is 0 Å². The fraction of sp³-hybridized carbons (Fsp3) is 0.528. The molecule has 0 spiro atoms. The third-order valence-electron chi connectivity index (χ3n) is 6.93. The molecule has 2 aliphatic rings. The van der Waals surface area contributed by atoms with E-state index in [2.05, 4.69) is 51.3 Å². The van der Waals surface area contributed by atoms with Gasteiger partial charge < -0.3 is 24.7 Å². The van der Waals surface area contributed by atoms with Gasteiger partial charge in [0, 0.05) is 63.2 Å². The van der Waals surface area contributed by atoms with E-state index in [0.717, 1.165) is 82.2 Å².